The molecule has 0 heterocycles. The molecule has 2 aromatic carbocycles. The molecule has 6 heteroatoms. The minimum atomic E-state index is -0.530. The molecule has 0 aromatic heterocycles. The number of carbonyl (C=O) groups excluding carboxylic acids is 1. The van der Waals surface area contributed by atoms with Crippen LogP contribution in [0.5, 0.6) is 5.75 Å². The fourth-order valence-electron chi connectivity index (χ4n) is 2.48. The van der Waals surface area contributed by atoms with E-state index in [4.69, 9.17) is 16.3 Å². The summed E-state index contributed by atoms with van der Waals surface area (Å²) in [6.07, 6.45) is 0.0506. The molecule has 2 rings (SSSR count). The van der Waals surface area contributed by atoms with E-state index < -0.39 is 6.10 Å². The molecular formula is C21H25ClFNO2S. The molecular weight excluding hydrogens is 385 g/mol. The molecule has 0 saturated carbocycles. The molecule has 0 aliphatic heterocycles. The van der Waals surface area contributed by atoms with E-state index in [1.807, 2.05) is 39.0 Å². The third-order valence-electron chi connectivity index (χ3n) is 4.27. The maximum atomic E-state index is 13.7. The first kappa shape index (κ1) is 21.6. The lowest BCUT2D eigenvalue weighted by Crippen LogP contribution is -2.39. The van der Waals surface area contributed by atoms with Crippen LogP contribution in [0, 0.1) is 19.7 Å². The molecule has 146 valence electrons. The third kappa shape index (κ3) is 6.43. The van der Waals surface area contributed by atoms with Gasteiger partial charge in [0, 0.05) is 28.6 Å². The number of carbonyl (C=O) groups is 1. The van der Waals surface area contributed by atoms with Crippen LogP contribution < -0.4 is 10.1 Å². The van der Waals surface area contributed by atoms with Crippen molar-refractivity contribution in [3.8, 4) is 5.75 Å². The molecule has 0 aliphatic carbocycles. The van der Waals surface area contributed by atoms with Crippen LogP contribution >= 0.6 is 23.4 Å². The van der Waals surface area contributed by atoms with Crippen LogP contribution in [0.4, 0.5) is 4.39 Å². The first-order chi connectivity index (χ1) is 12.9. The molecule has 1 atom stereocenters. The molecule has 3 nitrogen and oxygen atoms in total. The summed E-state index contributed by atoms with van der Waals surface area (Å²) in [6, 6.07) is 10.5. The lowest BCUT2D eigenvalue weighted by Gasteiger charge is -2.18. The summed E-state index contributed by atoms with van der Waals surface area (Å²) in [4.78, 5) is 12.3. The van der Waals surface area contributed by atoms with E-state index in [2.05, 4.69) is 5.32 Å². The number of hydrogen-bond donors (Lipinski definition) is 1. The maximum absolute atomic E-state index is 13.7. The van der Waals surface area contributed by atoms with Gasteiger partial charge in [0.1, 0.15) is 11.6 Å². The normalized spacial score (nSPS) is 11.9. The Kier molecular flexibility index (Phi) is 8.45. The van der Waals surface area contributed by atoms with Crippen molar-refractivity contribution in [3.63, 3.8) is 0 Å². The lowest BCUT2D eigenvalue weighted by atomic mass is 10.1. The SMILES string of the molecule is CC[C@H](Oc1ccc(C)c(C)c1)C(=O)NCCSCc1c(F)cccc1Cl. The van der Waals surface area contributed by atoms with Crippen molar-refractivity contribution in [2.24, 2.45) is 0 Å². The predicted molar refractivity (Wildman–Crippen MR) is 111 cm³/mol. The molecule has 27 heavy (non-hydrogen) atoms. The highest BCUT2D eigenvalue weighted by Crippen LogP contribution is 2.23. The fraction of sp³-hybridized carbons (Fsp3) is 0.381. The second-order valence-corrected chi connectivity index (χ2v) is 7.82. The first-order valence-corrected chi connectivity index (χ1v) is 10.5. The van der Waals surface area contributed by atoms with Crippen molar-refractivity contribution in [3.05, 3.63) is 63.9 Å². The van der Waals surface area contributed by atoms with E-state index in [0.717, 1.165) is 5.56 Å². The third-order valence-corrected chi connectivity index (χ3v) is 5.61. The summed E-state index contributed by atoms with van der Waals surface area (Å²) in [7, 11) is 0. The quantitative estimate of drug-likeness (QED) is 0.571. The van der Waals surface area contributed by atoms with Crippen LogP contribution in [0.15, 0.2) is 36.4 Å². The molecule has 0 spiro atoms. The predicted octanol–water partition coefficient (Wildman–Crippen LogP) is 5.30. The van der Waals surface area contributed by atoms with Crippen LogP contribution in [0.1, 0.15) is 30.0 Å². The Morgan fingerprint density at radius 2 is 2.04 bits per heavy atom. The number of ether oxygens (including phenoxy) is 1. The van der Waals surface area contributed by atoms with Gasteiger partial charge in [-0.25, -0.2) is 4.39 Å². The topological polar surface area (TPSA) is 38.3 Å². The summed E-state index contributed by atoms with van der Waals surface area (Å²) in [6.45, 7) is 6.46. The van der Waals surface area contributed by atoms with E-state index >= 15 is 0 Å². The number of benzene rings is 2. The standard InChI is InChI=1S/C21H25ClFNO2S/c1-4-20(26-16-9-8-14(2)15(3)12-16)21(25)24-10-11-27-13-17-18(22)6-5-7-19(17)23/h5-9,12,20H,4,10-11,13H2,1-3H3,(H,24,25)/t20-/m0/s1. The lowest BCUT2D eigenvalue weighted by molar-refractivity contribution is -0.127. The summed E-state index contributed by atoms with van der Waals surface area (Å²) in [5, 5.41) is 3.31. The minimum Gasteiger partial charge on any atom is -0.481 e. The molecule has 0 fully saturated rings. The highest BCUT2D eigenvalue weighted by Gasteiger charge is 2.18. The zero-order valence-corrected chi connectivity index (χ0v) is 17.4. The number of hydrogen-bond acceptors (Lipinski definition) is 3. The van der Waals surface area contributed by atoms with Crippen LogP contribution in [0.3, 0.4) is 0 Å². The van der Waals surface area contributed by atoms with Gasteiger partial charge < -0.3 is 10.1 Å². The smallest absolute Gasteiger partial charge is 0.261 e. The number of thioether (sulfide) groups is 1. The Labute approximate surface area is 169 Å². The Hall–Kier alpha value is -1.72. The monoisotopic (exact) mass is 409 g/mol. The van der Waals surface area contributed by atoms with Gasteiger partial charge in [-0.05, 0) is 55.7 Å². The van der Waals surface area contributed by atoms with Crippen molar-refractivity contribution in [1.82, 2.24) is 5.32 Å². The van der Waals surface area contributed by atoms with Crippen LogP contribution in [0.2, 0.25) is 5.02 Å². The van der Waals surface area contributed by atoms with Crippen LogP contribution in [-0.2, 0) is 10.5 Å². The van der Waals surface area contributed by atoms with E-state index in [1.165, 1.54) is 23.4 Å². The summed E-state index contributed by atoms with van der Waals surface area (Å²) in [5.74, 6) is 1.39. The molecule has 0 radical (unpaired) electrons. The largest absolute Gasteiger partial charge is 0.481 e. The highest BCUT2D eigenvalue weighted by molar-refractivity contribution is 7.98. The molecule has 0 unspecified atom stereocenters. The average Bonchev–Trinajstić information content (AvgIpc) is 2.64. The van der Waals surface area contributed by atoms with Gasteiger partial charge in [-0.2, -0.15) is 11.8 Å². The van der Waals surface area contributed by atoms with Crippen LogP contribution in [0.25, 0.3) is 0 Å². The van der Waals surface area contributed by atoms with Crippen molar-refractivity contribution < 1.29 is 13.9 Å². The van der Waals surface area contributed by atoms with Crippen LogP contribution in [-0.4, -0.2) is 24.3 Å². The molecule has 0 saturated heterocycles. The summed E-state index contributed by atoms with van der Waals surface area (Å²) >= 11 is 7.53. The zero-order chi connectivity index (χ0) is 19.8. The van der Waals surface area contributed by atoms with Crippen molar-refractivity contribution in [2.75, 3.05) is 12.3 Å². The fourth-order valence-corrected chi connectivity index (χ4v) is 3.68. The van der Waals surface area contributed by atoms with Gasteiger partial charge in [0.15, 0.2) is 6.10 Å². The molecule has 1 amide bonds. The molecule has 0 aliphatic rings. The van der Waals surface area contributed by atoms with Gasteiger partial charge >= 0.3 is 0 Å². The second kappa shape index (κ2) is 10.6. The Bertz CT molecular complexity index is 765. The summed E-state index contributed by atoms with van der Waals surface area (Å²) in [5.41, 5.74) is 2.82. The average molecular weight is 410 g/mol. The van der Waals surface area contributed by atoms with Gasteiger partial charge in [0.05, 0.1) is 0 Å². The van der Waals surface area contributed by atoms with Crippen molar-refractivity contribution >= 4 is 29.3 Å². The number of aryl methyl sites for hydroxylation is 2. The van der Waals surface area contributed by atoms with Gasteiger partial charge in [0.25, 0.3) is 5.91 Å². The Morgan fingerprint density at radius 1 is 1.26 bits per heavy atom. The second-order valence-electron chi connectivity index (χ2n) is 6.30. The number of amides is 1. The van der Waals surface area contributed by atoms with Crippen molar-refractivity contribution in [2.45, 2.75) is 39.0 Å². The number of nitrogens with one attached hydrogen (secondary N) is 1. The van der Waals surface area contributed by atoms with Gasteiger partial charge in [-0.1, -0.05) is 30.7 Å². The molecule has 0 bridgehead atoms. The zero-order valence-electron chi connectivity index (χ0n) is 15.9. The minimum absolute atomic E-state index is 0.139. The number of halogens is 2. The van der Waals surface area contributed by atoms with E-state index in [-0.39, 0.29) is 11.7 Å². The van der Waals surface area contributed by atoms with Gasteiger partial charge in [-0.3, -0.25) is 4.79 Å². The van der Waals surface area contributed by atoms with Gasteiger partial charge in [0.2, 0.25) is 0 Å². The van der Waals surface area contributed by atoms with Gasteiger partial charge in [-0.15, -0.1) is 0 Å². The molecule has 2 aromatic rings. The first-order valence-electron chi connectivity index (χ1n) is 8.94. The Morgan fingerprint density at radius 3 is 2.70 bits per heavy atom. The van der Waals surface area contributed by atoms with E-state index in [0.29, 0.717) is 40.8 Å². The maximum Gasteiger partial charge on any atom is 0.261 e. The summed E-state index contributed by atoms with van der Waals surface area (Å²) < 4.78 is 19.5. The Balaban J connectivity index is 1.77. The van der Waals surface area contributed by atoms with E-state index in [1.54, 1.807) is 12.1 Å². The van der Waals surface area contributed by atoms with Crippen molar-refractivity contribution in [1.29, 1.82) is 0 Å². The van der Waals surface area contributed by atoms with E-state index in [9.17, 15) is 9.18 Å². The number of rotatable bonds is 9. The highest BCUT2D eigenvalue weighted by atomic mass is 35.5. The molecule has 1 N–H and O–H groups in total.